The second kappa shape index (κ2) is 32.5. The van der Waals surface area contributed by atoms with E-state index >= 15 is 0 Å². The van der Waals surface area contributed by atoms with Gasteiger partial charge in [0, 0.05) is 12.8 Å². The maximum absolute atomic E-state index is 12.5. The van der Waals surface area contributed by atoms with Crippen LogP contribution in [0.25, 0.3) is 0 Å². The Balaban J connectivity index is 4.50. The molecule has 0 aromatic carbocycles. The van der Waals surface area contributed by atoms with Crippen LogP contribution in [0.15, 0.2) is 48.6 Å². The summed E-state index contributed by atoms with van der Waals surface area (Å²) < 4.78 is 32.4. The number of esters is 2. The average molecular weight is 687 g/mol. The molecule has 0 amide bonds. The Labute approximate surface area is 283 Å². The van der Waals surface area contributed by atoms with Gasteiger partial charge in [-0.15, -0.1) is 0 Å². The van der Waals surface area contributed by atoms with E-state index in [9.17, 15) is 24.2 Å². The summed E-state index contributed by atoms with van der Waals surface area (Å²) in [4.78, 5) is 34.7. The van der Waals surface area contributed by atoms with Crippen molar-refractivity contribution in [1.29, 1.82) is 0 Å². The van der Waals surface area contributed by atoms with Gasteiger partial charge in [0.25, 0.3) is 0 Å². The lowest BCUT2D eigenvalue weighted by Crippen LogP contribution is -2.29. The number of hydrogen-bond acceptors (Lipinski definition) is 9. The molecule has 0 aliphatic rings. The first kappa shape index (κ1) is 44.9. The molecule has 0 aromatic heterocycles. The molecule has 0 heterocycles. The van der Waals surface area contributed by atoms with E-state index in [0.717, 1.165) is 77.0 Å². The van der Waals surface area contributed by atoms with Gasteiger partial charge < -0.3 is 24.6 Å². The standard InChI is InChI=1S/C36H63O10P/c1-3-5-7-9-11-13-15-16-18-20-22-24-26-28-36(40)46-34(32-45-47(41,42)44-30-33(38)29-37)31-43-35(39)27-25-23-21-19-17-14-12-10-8-6-4-2/h5,7,10-13,16,18,33-34,37-38H,3-4,6,8-9,14-15,17,19-32H2,1-2H3,(H,41,42)/b7-5-,12-10-,13-11-,18-16-. The smallest absolute Gasteiger partial charge is 0.462 e. The molecular weight excluding hydrogens is 623 g/mol. The van der Waals surface area contributed by atoms with E-state index in [-0.39, 0.29) is 19.4 Å². The first-order chi connectivity index (χ1) is 22.7. The molecule has 0 spiro atoms. The minimum Gasteiger partial charge on any atom is -0.462 e. The van der Waals surface area contributed by atoms with E-state index in [0.29, 0.717) is 12.8 Å². The Kier molecular flexibility index (Phi) is 31.0. The fraction of sp³-hybridized carbons (Fsp3) is 0.722. The molecule has 0 bridgehead atoms. The quantitative estimate of drug-likeness (QED) is 0.0274. The number of aliphatic hydroxyl groups excluding tert-OH is 2. The third kappa shape index (κ3) is 32.3. The van der Waals surface area contributed by atoms with Gasteiger partial charge in [0.05, 0.1) is 19.8 Å². The summed E-state index contributed by atoms with van der Waals surface area (Å²) in [6.07, 6.45) is 30.9. The summed E-state index contributed by atoms with van der Waals surface area (Å²) in [6, 6.07) is 0. The molecular formula is C36H63O10P. The molecule has 0 aromatic rings. The minimum atomic E-state index is -4.62. The zero-order valence-corrected chi connectivity index (χ0v) is 29.9. The third-order valence-electron chi connectivity index (χ3n) is 6.97. The van der Waals surface area contributed by atoms with Crippen molar-refractivity contribution in [3.63, 3.8) is 0 Å². The first-order valence-electron chi connectivity index (χ1n) is 17.6. The van der Waals surface area contributed by atoms with E-state index in [1.165, 1.54) is 12.8 Å². The highest BCUT2D eigenvalue weighted by Gasteiger charge is 2.27. The number of carbonyl (C=O) groups is 2. The van der Waals surface area contributed by atoms with Crippen molar-refractivity contribution in [2.75, 3.05) is 26.4 Å². The predicted molar refractivity (Wildman–Crippen MR) is 187 cm³/mol. The highest BCUT2D eigenvalue weighted by molar-refractivity contribution is 7.47. The van der Waals surface area contributed by atoms with Crippen LogP contribution in [0.5, 0.6) is 0 Å². The second-order valence-corrected chi connectivity index (χ2v) is 13.0. The van der Waals surface area contributed by atoms with Gasteiger partial charge >= 0.3 is 19.8 Å². The zero-order valence-electron chi connectivity index (χ0n) is 29.0. The van der Waals surface area contributed by atoms with Crippen LogP contribution in [0.4, 0.5) is 0 Å². The number of unbranched alkanes of at least 4 members (excludes halogenated alkanes) is 10. The molecule has 0 aliphatic carbocycles. The average Bonchev–Trinajstić information content (AvgIpc) is 3.05. The molecule has 0 fully saturated rings. The molecule has 3 atom stereocenters. The molecule has 0 saturated heterocycles. The van der Waals surface area contributed by atoms with E-state index in [2.05, 4.69) is 67.0 Å². The Hall–Kier alpha value is -2.07. The Morgan fingerprint density at radius 1 is 0.660 bits per heavy atom. The van der Waals surface area contributed by atoms with Crippen molar-refractivity contribution in [3.8, 4) is 0 Å². The van der Waals surface area contributed by atoms with Crippen LogP contribution < -0.4 is 0 Å². The fourth-order valence-electron chi connectivity index (χ4n) is 4.22. The summed E-state index contributed by atoms with van der Waals surface area (Å²) >= 11 is 0. The maximum Gasteiger partial charge on any atom is 0.472 e. The molecule has 272 valence electrons. The maximum atomic E-state index is 12.5. The number of phosphoric ester groups is 1. The molecule has 0 radical (unpaired) electrons. The number of hydrogen-bond donors (Lipinski definition) is 3. The summed E-state index contributed by atoms with van der Waals surface area (Å²) in [5, 5.41) is 18.2. The van der Waals surface area contributed by atoms with Crippen LogP contribution in [0, 0.1) is 0 Å². The second-order valence-electron chi connectivity index (χ2n) is 11.5. The highest BCUT2D eigenvalue weighted by Crippen LogP contribution is 2.43. The monoisotopic (exact) mass is 686 g/mol. The topological polar surface area (TPSA) is 149 Å². The molecule has 47 heavy (non-hydrogen) atoms. The Morgan fingerprint density at radius 3 is 1.81 bits per heavy atom. The number of carbonyl (C=O) groups excluding carboxylic acids is 2. The van der Waals surface area contributed by atoms with Crippen molar-refractivity contribution < 1.29 is 47.8 Å². The summed E-state index contributed by atoms with van der Waals surface area (Å²) in [5.41, 5.74) is 0. The Morgan fingerprint density at radius 2 is 1.17 bits per heavy atom. The normalized spacial score (nSPS) is 14.7. The lowest BCUT2D eigenvalue weighted by molar-refractivity contribution is -0.161. The largest absolute Gasteiger partial charge is 0.472 e. The van der Waals surface area contributed by atoms with Crippen LogP contribution in [-0.4, -0.2) is 65.7 Å². The van der Waals surface area contributed by atoms with E-state index < -0.39 is 51.8 Å². The van der Waals surface area contributed by atoms with Gasteiger partial charge in [-0.2, -0.15) is 0 Å². The molecule has 0 aliphatic heterocycles. The SMILES string of the molecule is CC/C=C\C/C=C\C/C=C\CCCCCC(=O)OC(COC(=O)CCCCCCC/C=C\CCCC)COP(=O)(O)OCC(O)CO. The highest BCUT2D eigenvalue weighted by atomic mass is 31.2. The Bertz CT molecular complexity index is 931. The number of rotatable bonds is 32. The van der Waals surface area contributed by atoms with Gasteiger partial charge in [-0.05, 0) is 64.2 Å². The summed E-state index contributed by atoms with van der Waals surface area (Å²) in [6.45, 7) is 2.14. The van der Waals surface area contributed by atoms with Crippen LogP contribution in [0.2, 0.25) is 0 Å². The van der Waals surface area contributed by atoms with Gasteiger partial charge in [-0.3, -0.25) is 18.6 Å². The summed E-state index contributed by atoms with van der Waals surface area (Å²) in [7, 11) is -4.62. The van der Waals surface area contributed by atoms with Crippen molar-refractivity contribution in [3.05, 3.63) is 48.6 Å². The fourth-order valence-corrected chi connectivity index (χ4v) is 5.01. The van der Waals surface area contributed by atoms with Gasteiger partial charge in [-0.1, -0.05) is 101 Å². The van der Waals surface area contributed by atoms with Crippen LogP contribution in [-0.2, 0) is 32.7 Å². The summed E-state index contributed by atoms with van der Waals surface area (Å²) in [5.74, 6) is -0.978. The molecule has 10 nitrogen and oxygen atoms in total. The third-order valence-corrected chi connectivity index (χ3v) is 7.92. The van der Waals surface area contributed by atoms with Crippen molar-refractivity contribution in [1.82, 2.24) is 0 Å². The zero-order chi connectivity index (χ0) is 34.9. The van der Waals surface area contributed by atoms with Crippen LogP contribution >= 0.6 is 7.82 Å². The number of ether oxygens (including phenoxy) is 2. The van der Waals surface area contributed by atoms with E-state index in [4.69, 9.17) is 19.1 Å². The van der Waals surface area contributed by atoms with Crippen molar-refractivity contribution in [2.45, 2.75) is 142 Å². The molecule has 0 saturated carbocycles. The van der Waals surface area contributed by atoms with Gasteiger partial charge in [-0.25, -0.2) is 4.57 Å². The van der Waals surface area contributed by atoms with E-state index in [1.54, 1.807) is 0 Å². The lowest BCUT2D eigenvalue weighted by Gasteiger charge is -2.20. The van der Waals surface area contributed by atoms with Gasteiger partial charge in [0.1, 0.15) is 12.7 Å². The van der Waals surface area contributed by atoms with E-state index in [1.807, 2.05) is 0 Å². The molecule has 3 unspecified atom stereocenters. The number of aliphatic hydroxyl groups is 2. The first-order valence-corrected chi connectivity index (χ1v) is 19.1. The molecule has 11 heteroatoms. The lowest BCUT2D eigenvalue weighted by atomic mass is 10.1. The van der Waals surface area contributed by atoms with Gasteiger partial charge in [0.15, 0.2) is 6.10 Å². The molecule has 3 N–H and O–H groups in total. The number of phosphoric acid groups is 1. The minimum absolute atomic E-state index is 0.146. The predicted octanol–water partition coefficient (Wildman–Crippen LogP) is 8.21. The van der Waals surface area contributed by atoms with Gasteiger partial charge in [0.2, 0.25) is 0 Å². The van der Waals surface area contributed by atoms with Crippen molar-refractivity contribution >= 4 is 19.8 Å². The van der Waals surface area contributed by atoms with Crippen molar-refractivity contribution in [2.24, 2.45) is 0 Å². The van der Waals surface area contributed by atoms with Crippen LogP contribution in [0.1, 0.15) is 129 Å². The molecule has 0 rings (SSSR count). The number of allylic oxidation sites excluding steroid dienone is 8. The van der Waals surface area contributed by atoms with Crippen LogP contribution in [0.3, 0.4) is 0 Å².